The van der Waals surface area contributed by atoms with E-state index in [1.807, 2.05) is 35.8 Å². The highest BCUT2D eigenvalue weighted by atomic mass is 79.9. The van der Waals surface area contributed by atoms with Crippen molar-refractivity contribution in [2.45, 2.75) is 57.3 Å². The van der Waals surface area contributed by atoms with Gasteiger partial charge in [-0.05, 0) is 69.4 Å². The van der Waals surface area contributed by atoms with Gasteiger partial charge >= 0.3 is 5.97 Å². The highest BCUT2D eigenvalue weighted by Crippen LogP contribution is 2.38. The number of anilines is 1. The van der Waals surface area contributed by atoms with E-state index in [0.717, 1.165) is 40.6 Å². The van der Waals surface area contributed by atoms with Crippen LogP contribution in [0.5, 0.6) is 5.75 Å². The molecule has 1 aromatic carbocycles. The molecule has 0 saturated carbocycles. The summed E-state index contributed by atoms with van der Waals surface area (Å²) in [5, 5.41) is 12.7. The first-order chi connectivity index (χ1) is 17.9. The van der Waals surface area contributed by atoms with Gasteiger partial charge in [0, 0.05) is 15.9 Å². The molecule has 0 fully saturated rings. The van der Waals surface area contributed by atoms with Crippen LogP contribution in [0, 0.1) is 0 Å². The van der Waals surface area contributed by atoms with Crippen LogP contribution in [0.3, 0.4) is 0 Å². The number of thioether (sulfide) groups is 1. The van der Waals surface area contributed by atoms with E-state index in [2.05, 4.69) is 38.0 Å². The Morgan fingerprint density at radius 2 is 2.03 bits per heavy atom. The normalized spacial score (nSPS) is 13.5. The lowest BCUT2D eigenvalue weighted by Gasteiger charge is -2.15. The average molecular weight is 606 g/mol. The van der Waals surface area contributed by atoms with Crippen LogP contribution in [0.1, 0.15) is 59.4 Å². The standard InChI is InChI=1S/C26H29BrN4O4S2/c1-4-14-31-23(16(3)35-18-12-10-17(27)11-13-18)29-30-26(31)36-15-21(32)28-24-22(25(33)34-5-2)19-8-6-7-9-20(19)37-24/h4,10-13,16H,1,5-9,14-15H2,2-3H3,(H,28,32). The van der Waals surface area contributed by atoms with Crippen molar-refractivity contribution in [3.63, 3.8) is 0 Å². The number of hydrogen-bond donors (Lipinski definition) is 1. The number of ether oxygens (including phenoxy) is 2. The molecule has 196 valence electrons. The largest absolute Gasteiger partial charge is 0.483 e. The summed E-state index contributed by atoms with van der Waals surface area (Å²) in [5.41, 5.74) is 1.53. The molecule has 1 aliphatic carbocycles. The molecule has 0 spiro atoms. The van der Waals surface area contributed by atoms with Gasteiger partial charge in [-0.1, -0.05) is 33.8 Å². The molecular weight excluding hydrogens is 576 g/mol. The lowest BCUT2D eigenvalue weighted by atomic mass is 9.95. The minimum atomic E-state index is -0.375. The summed E-state index contributed by atoms with van der Waals surface area (Å²) >= 11 is 6.18. The molecule has 1 aliphatic rings. The van der Waals surface area contributed by atoms with Gasteiger partial charge in [0.05, 0.1) is 17.9 Å². The molecule has 37 heavy (non-hydrogen) atoms. The van der Waals surface area contributed by atoms with Crippen molar-refractivity contribution in [3.05, 3.63) is 63.2 Å². The van der Waals surface area contributed by atoms with E-state index in [0.29, 0.717) is 33.8 Å². The van der Waals surface area contributed by atoms with Gasteiger partial charge in [0.1, 0.15) is 10.8 Å². The van der Waals surface area contributed by atoms with Gasteiger partial charge in [0.15, 0.2) is 17.1 Å². The van der Waals surface area contributed by atoms with E-state index >= 15 is 0 Å². The zero-order chi connectivity index (χ0) is 26.4. The van der Waals surface area contributed by atoms with Crippen molar-refractivity contribution < 1.29 is 19.1 Å². The summed E-state index contributed by atoms with van der Waals surface area (Å²) in [7, 11) is 0. The third-order valence-corrected chi connectivity index (χ3v) is 8.49. The second-order valence-corrected chi connectivity index (χ2v) is 11.4. The average Bonchev–Trinajstić information content (AvgIpc) is 3.45. The number of aryl methyl sites for hydroxylation is 1. The third-order valence-electron chi connectivity index (χ3n) is 5.78. The van der Waals surface area contributed by atoms with Gasteiger partial charge in [-0.15, -0.1) is 28.1 Å². The first kappa shape index (κ1) is 27.4. The minimum absolute atomic E-state index is 0.113. The highest BCUT2D eigenvalue weighted by molar-refractivity contribution is 9.10. The van der Waals surface area contributed by atoms with Crippen LogP contribution in [0.15, 0.2) is 46.5 Å². The van der Waals surface area contributed by atoms with Crippen molar-refractivity contribution >= 4 is 55.9 Å². The van der Waals surface area contributed by atoms with E-state index in [1.165, 1.54) is 23.1 Å². The Bertz CT molecular complexity index is 1270. The second-order valence-electron chi connectivity index (χ2n) is 8.43. The number of fused-ring (bicyclic) bond motifs is 1. The maximum absolute atomic E-state index is 12.9. The number of nitrogens with one attached hydrogen (secondary N) is 1. The number of hydrogen-bond acceptors (Lipinski definition) is 8. The fourth-order valence-electron chi connectivity index (χ4n) is 4.14. The molecule has 8 nitrogen and oxygen atoms in total. The Labute approximate surface area is 233 Å². The van der Waals surface area contributed by atoms with Crippen LogP contribution in [0.2, 0.25) is 0 Å². The van der Waals surface area contributed by atoms with Crippen molar-refractivity contribution in [2.75, 3.05) is 17.7 Å². The topological polar surface area (TPSA) is 95.3 Å². The number of nitrogens with zero attached hydrogens (tertiary/aromatic N) is 3. The van der Waals surface area contributed by atoms with Crippen LogP contribution < -0.4 is 10.1 Å². The zero-order valence-corrected chi connectivity index (χ0v) is 24.0. The quantitative estimate of drug-likeness (QED) is 0.158. The number of amides is 1. The summed E-state index contributed by atoms with van der Waals surface area (Å²) < 4.78 is 14.2. The number of allylic oxidation sites excluding steroid dienone is 1. The fraction of sp³-hybridized carbons (Fsp3) is 0.385. The van der Waals surface area contributed by atoms with Crippen molar-refractivity contribution in [1.29, 1.82) is 0 Å². The molecule has 1 N–H and O–H groups in total. The molecule has 4 rings (SSSR count). The van der Waals surface area contributed by atoms with Gasteiger partial charge in [0.25, 0.3) is 0 Å². The molecule has 3 aromatic rings. The number of benzene rings is 1. The molecule has 1 atom stereocenters. The molecule has 2 heterocycles. The number of esters is 1. The van der Waals surface area contributed by atoms with Gasteiger partial charge in [-0.2, -0.15) is 0 Å². The van der Waals surface area contributed by atoms with E-state index in [1.54, 1.807) is 13.0 Å². The third kappa shape index (κ3) is 6.63. The SMILES string of the molecule is C=CCn1c(SCC(=O)Nc2sc3c(c2C(=O)OCC)CCCC3)nnc1C(C)Oc1ccc(Br)cc1. The Morgan fingerprint density at radius 3 is 2.76 bits per heavy atom. The van der Waals surface area contributed by atoms with Crippen LogP contribution in [-0.4, -0.2) is 39.0 Å². The second kappa shape index (κ2) is 12.7. The molecule has 2 aromatic heterocycles. The Balaban J connectivity index is 1.45. The van der Waals surface area contributed by atoms with Crippen molar-refractivity contribution in [3.8, 4) is 5.75 Å². The predicted molar refractivity (Wildman–Crippen MR) is 150 cm³/mol. The molecule has 11 heteroatoms. The maximum atomic E-state index is 12.9. The van der Waals surface area contributed by atoms with Gasteiger partial charge in [-0.25, -0.2) is 4.79 Å². The van der Waals surface area contributed by atoms with Crippen LogP contribution >= 0.6 is 39.0 Å². The van der Waals surface area contributed by atoms with Crippen LogP contribution in [0.4, 0.5) is 5.00 Å². The molecule has 1 amide bonds. The Morgan fingerprint density at radius 1 is 1.27 bits per heavy atom. The summed E-state index contributed by atoms with van der Waals surface area (Å²) in [6, 6.07) is 7.57. The summed E-state index contributed by atoms with van der Waals surface area (Å²) in [6.07, 6.45) is 5.27. The minimum Gasteiger partial charge on any atom is -0.483 e. The monoisotopic (exact) mass is 604 g/mol. The molecule has 0 saturated heterocycles. The Hall–Kier alpha value is -2.63. The van der Waals surface area contributed by atoms with Crippen LogP contribution in [0.25, 0.3) is 0 Å². The smallest absolute Gasteiger partial charge is 0.341 e. The van der Waals surface area contributed by atoms with Gasteiger partial charge in [-0.3, -0.25) is 9.36 Å². The number of aromatic nitrogens is 3. The molecule has 0 aliphatic heterocycles. The first-order valence-corrected chi connectivity index (χ1v) is 14.7. The van der Waals surface area contributed by atoms with E-state index in [-0.39, 0.29) is 30.3 Å². The summed E-state index contributed by atoms with van der Waals surface area (Å²) in [6.45, 7) is 8.30. The number of carbonyl (C=O) groups excluding carboxylic acids is 2. The van der Waals surface area contributed by atoms with E-state index < -0.39 is 0 Å². The molecule has 1 unspecified atom stereocenters. The predicted octanol–water partition coefficient (Wildman–Crippen LogP) is 6.21. The number of halogens is 1. The number of rotatable bonds is 11. The lowest BCUT2D eigenvalue weighted by molar-refractivity contribution is -0.113. The maximum Gasteiger partial charge on any atom is 0.341 e. The van der Waals surface area contributed by atoms with Crippen molar-refractivity contribution in [2.24, 2.45) is 0 Å². The summed E-state index contributed by atoms with van der Waals surface area (Å²) in [4.78, 5) is 26.8. The molecule has 0 bridgehead atoms. The number of thiophene rings is 1. The lowest BCUT2D eigenvalue weighted by Crippen LogP contribution is -2.17. The van der Waals surface area contributed by atoms with E-state index in [9.17, 15) is 9.59 Å². The zero-order valence-electron chi connectivity index (χ0n) is 20.8. The summed E-state index contributed by atoms with van der Waals surface area (Å²) in [5.74, 6) is 0.875. The fourth-order valence-corrected chi connectivity index (χ4v) is 6.46. The first-order valence-electron chi connectivity index (χ1n) is 12.1. The molecular formula is C26H29BrN4O4S2. The number of carbonyl (C=O) groups is 2. The van der Waals surface area contributed by atoms with Crippen LogP contribution in [-0.2, 0) is 28.9 Å². The van der Waals surface area contributed by atoms with E-state index in [4.69, 9.17) is 9.47 Å². The Kier molecular flexibility index (Phi) is 9.44. The van der Waals surface area contributed by atoms with Gasteiger partial charge < -0.3 is 14.8 Å². The highest BCUT2D eigenvalue weighted by Gasteiger charge is 2.27. The van der Waals surface area contributed by atoms with Crippen molar-refractivity contribution in [1.82, 2.24) is 14.8 Å². The van der Waals surface area contributed by atoms with Gasteiger partial charge in [0.2, 0.25) is 5.91 Å². The molecule has 0 radical (unpaired) electrons.